The van der Waals surface area contributed by atoms with Crippen LogP contribution in [0.1, 0.15) is 17.1 Å². The minimum absolute atomic E-state index is 0. The average molecular weight is 331 g/mol. The van der Waals surface area contributed by atoms with Crippen LogP contribution in [0, 0.1) is 6.92 Å². The molecule has 0 bridgehead atoms. The third-order valence-electron chi connectivity index (χ3n) is 4.08. The summed E-state index contributed by atoms with van der Waals surface area (Å²) in [7, 11) is 0. The van der Waals surface area contributed by atoms with Crippen LogP contribution in [-0.2, 0) is 4.74 Å². The van der Waals surface area contributed by atoms with Gasteiger partial charge in [0, 0.05) is 24.7 Å². The Morgan fingerprint density at radius 2 is 1.83 bits per heavy atom. The Hall–Kier alpha value is -1.95. The summed E-state index contributed by atoms with van der Waals surface area (Å²) < 4.78 is 5.45. The first kappa shape index (κ1) is 15.9. The molecule has 0 amide bonds. The second kappa shape index (κ2) is 6.66. The standard InChI is InChI=1S/C17H18N4O.ClH/c1-12-18-15-11-14(13-5-3-2-4-6-13)20-16(15)17(19-12)21-7-9-22-10-8-21;/h2-6,11,20H,7-10H2,1H3;1H. The first-order chi connectivity index (χ1) is 10.8. The third kappa shape index (κ3) is 3.08. The fourth-order valence-electron chi connectivity index (χ4n) is 2.99. The van der Waals surface area contributed by atoms with Crippen molar-refractivity contribution in [3.8, 4) is 0 Å². The van der Waals surface area contributed by atoms with Crippen molar-refractivity contribution >= 4 is 23.3 Å². The van der Waals surface area contributed by atoms with Gasteiger partial charge in [-0.2, -0.15) is 0 Å². The molecule has 1 saturated heterocycles. The van der Waals surface area contributed by atoms with Crippen molar-refractivity contribution in [2.75, 3.05) is 31.2 Å². The molecule has 5 nitrogen and oxygen atoms in total. The highest BCUT2D eigenvalue weighted by atomic mass is 35.5. The molecule has 0 atom stereocenters. The molecule has 1 aromatic carbocycles. The first-order valence-corrected chi connectivity index (χ1v) is 7.64. The van der Waals surface area contributed by atoms with Crippen LogP contribution in [0.25, 0.3) is 11.8 Å². The minimum Gasteiger partial charge on any atom is -1.00 e. The van der Waals surface area contributed by atoms with Crippen LogP contribution in [0.4, 0.5) is 11.5 Å². The number of anilines is 1. The summed E-state index contributed by atoms with van der Waals surface area (Å²) in [6.45, 7) is 5.25. The van der Waals surface area contributed by atoms with Crippen molar-refractivity contribution in [3.63, 3.8) is 0 Å². The van der Waals surface area contributed by atoms with Gasteiger partial charge in [-0.15, -0.1) is 0 Å². The van der Waals surface area contributed by atoms with E-state index in [2.05, 4.69) is 45.5 Å². The van der Waals surface area contributed by atoms with Gasteiger partial charge in [-0.3, -0.25) is 5.32 Å². The van der Waals surface area contributed by atoms with Crippen LogP contribution in [0.5, 0.6) is 0 Å². The van der Waals surface area contributed by atoms with E-state index in [0.29, 0.717) is 0 Å². The van der Waals surface area contributed by atoms with Crippen LogP contribution in [0.3, 0.4) is 0 Å². The summed E-state index contributed by atoms with van der Waals surface area (Å²) in [6.07, 6.45) is 2.16. The number of halogens is 1. The van der Waals surface area contributed by atoms with Crippen molar-refractivity contribution in [1.82, 2.24) is 9.97 Å². The Labute approximate surface area is 141 Å². The van der Waals surface area contributed by atoms with E-state index >= 15 is 0 Å². The van der Waals surface area contributed by atoms with Crippen LogP contribution >= 0.6 is 0 Å². The van der Waals surface area contributed by atoms with E-state index in [1.54, 1.807) is 0 Å². The number of rotatable bonds is 2. The number of hydrogen-bond donors (Lipinski definition) is 1. The van der Waals surface area contributed by atoms with E-state index in [0.717, 1.165) is 49.3 Å². The molecule has 2 aromatic rings. The molecule has 120 valence electrons. The predicted octanol–water partition coefficient (Wildman–Crippen LogP) is -1.67. The van der Waals surface area contributed by atoms with Gasteiger partial charge >= 0.3 is 0 Å². The lowest BCUT2D eigenvalue weighted by Gasteiger charge is -2.28. The fraction of sp³-hybridized carbons (Fsp3) is 0.294. The molecule has 0 saturated carbocycles. The Morgan fingerprint density at radius 1 is 1.09 bits per heavy atom. The number of benzene rings is 1. The molecule has 1 aromatic heterocycles. The summed E-state index contributed by atoms with van der Waals surface area (Å²) in [5.41, 5.74) is 4.57. The summed E-state index contributed by atoms with van der Waals surface area (Å²) >= 11 is 0. The Balaban J connectivity index is 0.00000156. The molecule has 2 aliphatic rings. The second-order valence-electron chi connectivity index (χ2n) is 5.60. The lowest BCUT2D eigenvalue weighted by Crippen LogP contribution is -3.00. The molecule has 2 aliphatic heterocycles. The van der Waals surface area contributed by atoms with Crippen molar-refractivity contribution < 1.29 is 22.5 Å². The lowest BCUT2D eigenvalue weighted by atomic mass is 10.1. The Bertz CT molecular complexity index is 727. The highest BCUT2D eigenvalue weighted by Crippen LogP contribution is 2.30. The number of ether oxygens (including phenoxy) is 1. The SMILES string of the molecule is Cc1nc2c(c(N3CCOCC3)n1)[NH2+]C(c1ccccc1)=C2.[Cl-]. The van der Waals surface area contributed by atoms with E-state index in [1.807, 2.05) is 13.0 Å². The molecule has 2 N–H and O–H groups in total. The number of quaternary nitrogens is 1. The van der Waals surface area contributed by atoms with Crippen LogP contribution in [0.2, 0.25) is 0 Å². The molecule has 3 heterocycles. The highest BCUT2D eigenvalue weighted by Gasteiger charge is 2.28. The maximum absolute atomic E-state index is 5.45. The third-order valence-corrected chi connectivity index (χ3v) is 4.08. The van der Waals surface area contributed by atoms with Crippen molar-refractivity contribution in [2.45, 2.75) is 6.92 Å². The molecule has 1 fully saturated rings. The van der Waals surface area contributed by atoms with Crippen LogP contribution < -0.4 is 22.6 Å². The second-order valence-corrected chi connectivity index (χ2v) is 5.60. The molecular weight excluding hydrogens is 312 g/mol. The normalized spacial score (nSPS) is 16.6. The van der Waals surface area contributed by atoms with Crippen molar-refractivity contribution in [3.05, 3.63) is 47.4 Å². The van der Waals surface area contributed by atoms with E-state index in [9.17, 15) is 0 Å². The predicted molar refractivity (Wildman–Crippen MR) is 85.7 cm³/mol. The Morgan fingerprint density at radius 3 is 2.57 bits per heavy atom. The molecule has 0 radical (unpaired) electrons. The van der Waals surface area contributed by atoms with E-state index < -0.39 is 0 Å². The number of aromatic nitrogens is 2. The summed E-state index contributed by atoms with van der Waals surface area (Å²) in [4.78, 5) is 11.6. The molecule has 6 heteroatoms. The summed E-state index contributed by atoms with van der Waals surface area (Å²) in [6, 6.07) is 10.4. The number of nitrogens with two attached hydrogens (primary N) is 1. The topological polar surface area (TPSA) is 54.9 Å². The van der Waals surface area contributed by atoms with Gasteiger partial charge in [0.15, 0.2) is 5.82 Å². The Kier molecular flexibility index (Phi) is 4.61. The zero-order valence-corrected chi connectivity index (χ0v) is 13.8. The van der Waals surface area contributed by atoms with Gasteiger partial charge in [-0.05, 0) is 19.1 Å². The van der Waals surface area contributed by atoms with Crippen molar-refractivity contribution in [1.29, 1.82) is 0 Å². The van der Waals surface area contributed by atoms with Crippen molar-refractivity contribution in [2.24, 2.45) is 0 Å². The average Bonchev–Trinajstić information content (AvgIpc) is 2.99. The maximum atomic E-state index is 5.45. The molecular formula is C17H19ClN4O. The lowest BCUT2D eigenvalue weighted by molar-refractivity contribution is -0.464. The number of fused-ring (bicyclic) bond motifs is 1. The smallest absolute Gasteiger partial charge is 0.203 e. The van der Waals surface area contributed by atoms with Gasteiger partial charge in [0.25, 0.3) is 0 Å². The van der Waals surface area contributed by atoms with Gasteiger partial charge in [0.2, 0.25) is 5.69 Å². The van der Waals surface area contributed by atoms with E-state index in [1.165, 1.54) is 11.3 Å². The van der Waals surface area contributed by atoms with E-state index in [-0.39, 0.29) is 12.4 Å². The summed E-state index contributed by atoms with van der Waals surface area (Å²) in [5.74, 6) is 1.85. The quantitative estimate of drug-likeness (QED) is 0.715. The number of nitrogens with zero attached hydrogens (tertiary/aromatic N) is 3. The first-order valence-electron chi connectivity index (χ1n) is 7.64. The monoisotopic (exact) mass is 330 g/mol. The van der Waals surface area contributed by atoms with Gasteiger partial charge in [0.1, 0.15) is 17.2 Å². The number of morpholine rings is 1. The maximum Gasteiger partial charge on any atom is 0.203 e. The van der Waals surface area contributed by atoms with Crippen LogP contribution in [0.15, 0.2) is 30.3 Å². The van der Waals surface area contributed by atoms with Crippen LogP contribution in [-0.4, -0.2) is 36.3 Å². The molecule has 0 aliphatic carbocycles. The molecule has 23 heavy (non-hydrogen) atoms. The van der Waals surface area contributed by atoms with Gasteiger partial charge in [0.05, 0.1) is 13.2 Å². The zero-order chi connectivity index (χ0) is 14.9. The molecule has 0 spiro atoms. The van der Waals surface area contributed by atoms with Gasteiger partial charge in [-0.1, -0.05) is 18.2 Å². The zero-order valence-electron chi connectivity index (χ0n) is 13.0. The molecule has 0 unspecified atom stereocenters. The van der Waals surface area contributed by atoms with E-state index in [4.69, 9.17) is 9.72 Å². The van der Waals surface area contributed by atoms with Gasteiger partial charge in [-0.25, -0.2) is 9.97 Å². The minimum atomic E-state index is 0. The fourth-order valence-corrected chi connectivity index (χ4v) is 2.99. The highest BCUT2D eigenvalue weighted by molar-refractivity contribution is 5.86. The number of aryl methyl sites for hydroxylation is 1. The number of hydrogen-bond acceptors (Lipinski definition) is 4. The van der Waals surface area contributed by atoms with Gasteiger partial charge < -0.3 is 22.0 Å². The molecule has 4 rings (SSSR count). The largest absolute Gasteiger partial charge is 1.00 e. The summed E-state index contributed by atoms with van der Waals surface area (Å²) in [5, 5.41) is 2.20.